The second-order valence-electron chi connectivity index (χ2n) is 2.50. The van der Waals surface area contributed by atoms with Crippen LogP contribution in [0.3, 0.4) is 0 Å². The summed E-state index contributed by atoms with van der Waals surface area (Å²) >= 11 is 0. The van der Waals surface area contributed by atoms with E-state index in [1.165, 1.54) is 0 Å². The highest BCUT2D eigenvalue weighted by Crippen LogP contribution is 1.85. The third kappa shape index (κ3) is 5.57. The first kappa shape index (κ1) is 10.1. The summed E-state index contributed by atoms with van der Waals surface area (Å²) in [6.07, 6.45) is 0. The number of hydroxylamine groups is 1. The van der Waals surface area contributed by atoms with Crippen molar-refractivity contribution in [1.29, 1.82) is 0 Å². The van der Waals surface area contributed by atoms with E-state index < -0.39 is 6.04 Å². The van der Waals surface area contributed by atoms with Crippen LogP contribution in [0.25, 0.3) is 0 Å². The molecular weight excluding hydrogens is 144 g/mol. The van der Waals surface area contributed by atoms with Crippen LogP contribution >= 0.6 is 0 Å². The predicted molar refractivity (Wildman–Crippen MR) is 42.6 cm³/mol. The average Bonchev–Trinajstić information content (AvgIpc) is 1.86. The molecule has 0 heterocycles. The molecule has 0 aliphatic rings. The lowest BCUT2D eigenvalue weighted by Gasteiger charge is -2.06. The van der Waals surface area contributed by atoms with E-state index in [0.717, 1.165) is 5.57 Å². The summed E-state index contributed by atoms with van der Waals surface area (Å²) in [7, 11) is 0. The number of carbonyl (C=O) groups excluding carboxylic acids is 1. The number of carbonyl (C=O) groups is 1. The third-order valence-corrected chi connectivity index (χ3v) is 0.905. The molecule has 64 valence electrons. The first-order valence-electron chi connectivity index (χ1n) is 3.35. The molecule has 0 radical (unpaired) electrons. The summed E-state index contributed by atoms with van der Waals surface area (Å²) in [6, 6.07) is -0.542. The Hall–Kier alpha value is -0.870. The number of hydrogen-bond acceptors (Lipinski definition) is 3. The molecule has 3 N–H and O–H groups in total. The smallest absolute Gasteiger partial charge is 0.260 e. The third-order valence-electron chi connectivity index (χ3n) is 0.905. The van der Waals surface area contributed by atoms with E-state index in [4.69, 9.17) is 10.6 Å². The lowest BCUT2D eigenvalue weighted by molar-refractivity contribution is -0.133. The molecule has 0 saturated carbocycles. The summed E-state index contributed by atoms with van der Waals surface area (Å²) in [4.78, 5) is 15.5. The maximum atomic E-state index is 10.7. The van der Waals surface area contributed by atoms with E-state index in [2.05, 4.69) is 12.1 Å². The molecule has 11 heavy (non-hydrogen) atoms. The van der Waals surface area contributed by atoms with Crippen LogP contribution in [0.15, 0.2) is 12.2 Å². The van der Waals surface area contributed by atoms with Crippen molar-refractivity contribution in [3.8, 4) is 0 Å². The largest absolute Gasteiger partial charge is 0.320 e. The molecule has 0 aliphatic carbocycles. The van der Waals surface area contributed by atoms with Gasteiger partial charge in [-0.25, -0.2) is 5.48 Å². The van der Waals surface area contributed by atoms with Gasteiger partial charge in [-0.1, -0.05) is 12.2 Å². The number of rotatable bonds is 4. The van der Waals surface area contributed by atoms with Crippen molar-refractivity contribution in [2.24, 2.45) is 5.73 Å². The van der Waals surface area contributed by atoms with Crippen molar-refractivity contribution in [2.75, 3.05) is 6.61 Å². The van der Waals surface area contributed by atoms with Crippen LogP contribution in [0.1, 0.15) is 13.8 Å². The molecule has 0 aromatic heterocycles. The number of nitrogens with one attached hydrogen (secondary N) is 1. The van der Waals surface area contributed by atoms with Gasteiger partial charge in [-0.2, -0.15) is 0 Å². The van der Waals surface area contributed by atoms with Gasteiger partial charge in [0.05, 0.1) is 12.6 Å². The van der Waals surface area contributed by atoms with Crippen LogP contribution in [0.4, 0.5) is 0 Å². The van der Waals surface area contributed by atoms with Gasteiger partial charge < -0.3 is 5.73 Å². The van der Waals surface area contributed by atoms with Crippen molar-refractivity contribution in [3.63, 3.8) is 0 Å². The fraction of sp³-hybridized carbons (Fsp3) is 0.571. The minimum atomic E-state index is -0.542. The molecule has 0 aromatic carbocycles. The van der Waals surface area contributed by atoms with E-state index in [-0.39, 0.29) is 5.91 Å². The Morgan fingerprint density at radius 3 is 2.73 bits per heavy atom. The summed E-state index contributed by atoms with van der Waals surface area (Å²) < 4.78 is 0. The standard InChI is InChI=1S/C7H14N2O2/c1-5(2)4-11-9-7(10)6(3)8/h6H,1,4,8H2,2-3H3,(H,9,10)/t6-/m0/s1. The molecule has 0 saturated heterocycles. The Kier molecular flexibility index (Phi) is 4.49. The van der Waals surface area contributed by atoms with Crippen molar-refractivity contribution in [3.05, 3.63) is 12.2 Å². The highest BCUT2D eigenvalue weighted by atomic mass is 16.6. The van der Waals surface area contributed by atoms with Gasteiger partial charge >= 0.3 is 0 Å². The summed E-state index contributed by atoms with van der Waals surface area (Å²) in [5.41, 5.74) is 8.27. The van der Waals surface area contributed by atoms with Crippen molar-refractivity contribution >= 4 is 5.91 Å². The number of amides is 1. The molecule has 0 fully saturated rings. The molecule has 4 nitrogen and oxygen atoms in total. The monoisotopic (exact) mass is 158 g/mol. The Balaban J connectivity index is 3.39. The van der Waals surface area contributed by atoms with Crippen molar-refractivity contribution < 1.29 is 9.63 Å². The highest BCUT2D eigenvalue weighted by Gasteiger charge is 2.05. The summed E-state index contributed by atoms with van der Waals surface area (Å²) in [6.45, 7) is 7.29. The molecule has 1 atom stereocenters. The molecule has 0 bridgehead atoms. The van der Waals surface area contributed by atoms with Gasteiger partial charge in [0.15, 0.2) is 0 Å². The SMILES string of the molecule is C=C(C)CONC(=O)[C@H](C)N. The normalized spacial score (nSPS) is 12.3. The van der Waals surface area contributed by atoms with Gasteiger partial charge in [0.25, 0.3) is 5.91 Å². The van der Waals surface area contributed by atoms with Gasteiger partial charge in [0.2, 0.25) is 0 Å². The topological polar surface area (TPSA) is 64.3 Å². The minimum absolute atomic E-state index is 0.318. The summed E-state index contributed by atoms with van der Waals surface area (Å²) in [5, 5.41) is 0. The van der Waals surface area contributed by atoms with Crippen LogP contribution in [-0.4, -0.2) is 18.6 Å². The Labute approximate surface area is 66.4 Å². The Morgan fingerprint density at radius 2 is 2.36 bits per heavy atom. The molecule has 0 aliphatic heterocycles. The van der Waals surface area contributed by atoms with E-state index in [0.29, 0.717) is 6.61 Å². The molecular formula is C7H14N2O2. The zero-order valence-corrected chi connectivity index (χ0v) is 6.89. The minimum Gasteiger partial charge on any atom is -0.320 e. The lowest BCUT2D eigenvalue weighted by atomic mass is 10.3. The van der Waals surface area contributed by atoms with Gasteiger partial charge in [-0.05, 0) is 13.8 Å². The maximum absolute atomic E-state index is 10.7. The molecule has 0 spiro atoms. The highest BCUT2D eigenvalue weighted by molar-refractivity contribution is 5.79. The van der Waals surface area contributed by atoms with Gasteiger partial charge in [-0.3, -0.25) is 9.63 Å². The van der Waals surface area contributed by atoms with Crippen LogP contribution in [0, 0.1) is 0 Å². The first-order valence-corrected chi connectivity index (χ1v) is 3.35. The molecule has 0 aromatic rings. The molecule has 1 amide bonds. The fourth-order valence-electron chi connectivity index (χ4n) is 0.323. The second-order valence-corrected chi connectivity index (χ2v) is 2.50. The predicted octanol–water partition coefficient (Wildman–Crippen LogP) is -0.0425. The second kappa shape index (κ2) is 4.87. The van der Waals surface area contributed by atoms with E-state index in [1.54, 1.807) is 13.8 Å². The quantitative estimate of drug-likeness (QED) is 0.445. The van der Waals surface area contributed by atoms with Crippen molar-refractivity contribution in [1.82, 2.24) is 5.48 Å². The van der Waals surface area contributed by atoms with E-state index in [1.807, 2.05) is 0 Å². The zero-order valence-electron chi connectivity index (χ0n) is 6.89. The average molecular weight is 158 g/mol. The Bertz CT molecular complexity index is 155. The van der Waals surface area contributed by atoms with E-state index in [9.17, 15) is 4.79 Å². The van der Waals surface area contributed by atoms with E-state index >= 15 is 0 Å². The van der Waals surface area contributed by atoms with Crippen LogP contribution in [0.5, 0.6) is 0 Å². The first-order chi connectivity index (χ1) is 5.04. The fourth-order valence-corrected chi connectivity index (χ4v) is 0.323. The van der Waals surface area contributed by atoms with Crippen LogP contribution in [0.2, 0.25) is 0 Å². The summed E-state index contributed by atoms with van der Waals surface area (Å²) in [5.74, 6) is -0.328. The molecule has 0 rings (SSSR count). The number of nitrogens with two attached hydrogens (primary N) is 1. The Morgan fingerprint density at radius 1 is 1.82 bits per heavy atom. The van der Waals surface area contributed by atoms with Gasteiger partial charge in [0.1, 0.15) is 0 Å². The molecule has 0 unspecified atom stereocenters. The lowest BCUT2D eigenvalue weighted by Crippen LogP contribution is -2.38. The molecule has 4 heteroatoms. The van der Waals surface area contributed by atoms with Crippen molar-refractivity contribution in [2.45, 2.75) is 19.9 Å². The maximum Gasteiger partial charge on any atom is 0.260 e. The van der Waals surface area contributed by atoms with Gasteiger partial charge in [-0.15, -0.1) is 0 Å². The van der Waals surface area contributed by atoms with Crippen LogP contribution in [-0.2, 0) is 9.63 Å². The zero-order chi connectivity index (χ0) is 8.85. The van der Waals surface area contributed by atoms with Gasteiger partial charge in [0, 0.05) is 0 Å². The van der Waals surface area contributed by atoms with Crippen LogP contribution < -0.4 is 11.2 Å². The number of hydrogen-bond donors (Lipinski definition) is 2.